The number of carbonyl (C=O) groups excluding carboxylic acids is 1. The molecule has 0 fully saturated rings. The molecule has 1 unspecified atom stereocenters. The molecular weight excluding hydrogens is 266 g/mol. The summed E-state index contributed by atoms with van der Waals surface area (Å²) < 4.78 is 5.38. The summed E-state index contributed by atoms with van der Waals surface area (Å²) in [7, 11) is 0. The highest BCUT2D eigenvalue weighted by molar-refractivity contribution is 6.01. The number of rotatable bonds is 4. The number of carboxylic acid groups (broad SMARTS) is 2. The van der Waals surface area contributed by atoms with Crippen molar-refractivity contribution >= 4 is 23.5 Å². The molecule has 0 aliphatic carbocycles. The standard InChI is InChI=1S/C13H13NO6/c1-7-12(17)14(5-4-11(15)16)9-6-8(13(18)19)2-3-10(9)20-7/h2-3,6-7H,4-5H2,1H3,(H,15,16)(H,18,19). The molecule has 1 aromatic carbocycles. The number of hydrogen-bond acceptors (Lipinski definition) is 4. The lowest BCUT2D eigenvalue weighted by Gasteiger charge is -2.32. The van der Waals surface area contributed by atoms with Gasteiger partial charge < -0.3 is 19.8 Å². The maximum atomic E-state index is 12.0. The summed E-state index contributed by atoms with van der Waals surface area (Å²) in [5.41, 5.74) is 0.296. The molecule has 1 aliphatic heterocycles. The van der Waals surface area contributed by atoms with Crippen LogP contribution in [0.2, 0.25) is 0 Å². The highest BCUT2D eigenvalue weighted by Crippen LogP contribution is 2.35. The average molecular weight is 279 g/mol. The highest BCUT2D eigenvalue weighted by atomic mass is 16.5. The molecule has 0 aromatic heterocycles. The summed E-state index contributed by atoms with van der Waals surface area (Å²) in [6.07, 6.45) is -0.957. The van der Waals surface area contributed by atoms with Crippen LogP contribution in [0, 0.1) is 0 Å². The van der Waals surface area contributed by atoms with E-state index < -0.39 is 18.0 Å². The first-order valence-electron chi connectivity index (χ1n) is 5.97. The minimum atomic E-state index is -1.13. The largest absolute Gasteiger partial charge is 0.481 e. The normalized spacial score (nSPS) is 17.4. The molecule has 7 heteroatoms. The molecule has 0 saturated heterocycles. The van der Waals surface area contributed by atoms with Crippen LogP contribution in [0.3, 0.4) is 0 Å². The van der Waals surface area contributed by atoms with Crippen LogP contribution in [-0.2, 0) is 9.59 Å². The van der Waals surface area contributed by atoms with Crippen molar-refractivity contribution in [2.24, 2.45) is 0 Å². The van der Waals surface area contributed by atoms with Crippen LogP contribution < -0.4 is 9.64 Å². The van der Waals surface area contributed by atoms with Gasteiger partial charge in [0, 0.05) is 6.54 Å². The maximum absolute atomic E-state index is 12.0. The van der Waals surface area contributed by atoms with E-state index in [2.05, 4.69) is 0 Å². The predicted octanol–water partition coefficient (Wildman–Crippen LogP) is 0.973. The van der Waals surface area contributed by atoms with E-state index in [4.69, 9.17) is 14.9 Å². The van der Waals surface area contributed by atoms with Gasteiger partial charge in [-0.25, -0.2) is 4.79 Å². The Kier molecular flexibility index (Phi) is 3.60. The maximum Gasteiger partial charge on any atom is 0.335 e. The van der Waals surface area contributed by atoms with Gasteiger partial charge in [0.2, 0.25) is 0 Å². The van der Waals surface area contributed by atoms with Gasteiger partial charge in [-0.2, -0.15) is 0 Å². The number of nitrogens with zero attached hydrogens (tertiary/aromatic N) is 1. The number of ether oxygens (including phenoxy) is 1. The molecule has 0 radical (unpaired) electrons. The van der Waals surface area contributed by atoms with E-state index in [1.54, 1.807) is 6.92 Å². The minimum Gasteiger partial charge on any atom is -0.481 e. The second-order valence-electron chi connectivity index (χ2n) is 4.38. The quantitative estimate of drug-likeness (QED) is 0.851. The van der Waals surface area contributed by atoms with Crippen molar-refractivity contribution < 1.29 is 29.3 Å². The molecule has 1 heterocycles. The minimum absolute atomic E-state index is 0.00929. The van der Waals surface area contributed by atoms with Gasteiger partial charge in [-0.15, -0.1) is 0 Å². The number of anilines is 1. The van der Waals surface area contributed by atoms with Gasteiger partial charge in [-0.3, -0.25) is 9.59 Å². The number of aliphatic carboxylic acids is 1. The summed E-state index contributed by atoms with van der Waals surface area (Å²) in [5.74, 6) is -2.18. The van der Waals surface area contributed by atoms with Gasteiger partial charge in [0.15, 0.2) is 6.10 Å². The molecule has 2 N–H and O–H groups in total. The van der Waals surface area contributed by atoms with Gasteiger partial charge in [0.05, 0.1) is 17.7 Å². The van der Waals surface area contributed by atoms with E-state index >= 15 is 0 Å². The van der Waals surface area contributed by atoms with Gasteiger partial charge in [0.1, 0.15) is 5.75 Å². The van der Waals surface area contributed by atoms with Crippen LogP contribution in [0.15, 0.2) is 18.2 Å². The highest BCUT2D eigenvalue weighted by Gasteiger charge is 2.32. The number of benzene rings is 1. The van der Waals surface area contributed by atoms with Crippen LogP contribution in [0.25, 0.3) is 0 Å². The summed E-state index contributed by atoms with van der Waals surface area (Å²) in [6, 6.07) is 4.15. The summed E-state index contributed by atoms with van der Waals surface area (Å²) in [6.45, 7) is 1.53. The first-order valence-corrected chi connectivity index (χ1v) is 5.97. The van der Waals surface area contributed by atoms with Crippen LogP contribution in [-0.4, -0.2) is 40.7 Å². The zero-order chi connectivity index (χ0) is 14.9. The number of aromatic carboxylic acids is 1. The number of carboxylic acids is 2. The van der Waals surface area contributed by atoms with Crippen molar-refractivity contribution in [3.8, 4) is 5.75 Å². The number of hydrogen-bond donors (Lipinski definition) is 2. The molecule has 20 heavy (non-hydrogen) atoms. The first-order chi connectivity index (χ1) is 9.40. The topological polar surface area (TPSA) is 104 Å². The Morgan fingerprint density at radius 1 is 1.35 bits per heavy atom. The van der Waals surface area contributed by atoms with Crippen molar-refractivity contribution in [1.82, 2.24) is 0 Å². The smallest absolute Gasteiger partial charge is 0.335 e. The molecule has 0 bridgehead atoms. The number of fused-ring (bicyclic) bond motifs is 1. The molecule has 0 spiro atoms. The Morgan fingerprint density at radius 3 is 2.65 bits per heavy atom. The fourth-order valence-corrected chi connectivity index (χ4v) is 1.98. The van der Waals surface area contributed by atoms with E-state index in [9.17, 15) is 14.4 Å². The van der Waals surface area contributed by atoms with Crippen molar-refractivity contribution in [2.75, 3.05) is 11.4 Å². The molecule has 7 nitrogen and oxygen atoms in total. The zero-order valence-corrected chi connectivity index (χ0v) is 10.7. The molecule has 1 aliphatic rings. The molecule has 1 aromatic rings. The second kappa shape index (κ2) is 5.20. The molecule has 0 saturated carbocycles. The van der Waals surface area contributed by atoms with Crippen molar-refractivity contribution in [1.29, 1.82) is 0 Å². The van der Waals surface area contributed by atoms with Crippen LogP contribution in [0.4, 0.5) is 5.69 Å². The number of carbonyl (C=O) groups is 3. The fraction of sp³-hybridized carbons (Fsp3) is 0.308. The van der Waals surface area contributed by atoms with Gasteiger partial charge in [-0.1, -0.05) is 0 Å². The SMILES string of the molecule is CC1Oc2ccc(C(=O)O)cc2N(CCC(=O)O)C1=O. The third-order valence-corrected chi connectivity index (χ3v) is 2.96. The lowest BCUT2D eigenvalue weighted by molar-refractivity contribution is -0.136. The lowest BCUT2D eigenvalue weighted by Crippen LogP contribution is -2.45. The van der Waals surface area contributed by atoms with Crippen molar-refractivity contribution in [2.45, 2.75) is 19.4 Å². The van der Waals surface area contributed by atoms with E-state index in [1.165, 1.54) is 23.1 Å². The lowest BCUT2D eigenvalue weighted by atomic mass is 10.1. The van der Waals surface area contributed by atoms with E-state index in [0.29, 0.717) is 5.75 Å². The van der Waals surface area contributed by atoms with Gasteiger partial charge >= 0.3 is 11.9 Å². The summed E-state index contributed by atoms with van der Waals surface area (Å²) in [4.78, 5) is 34.9. The molecule has 1 amide bonds. The van der Waals surface area contributed by atoms with Crippen LogP contribution in [0.1, 0.15) is 23.7 Å². The van der Waals surface area contributed by atoms with Crippen LogP contribution >= 0.6 is 0 Å². The second-order valence-corrected chi connectivity index (χ2v) is 4.38. The zero-order valence-electron chi connectivity index (χ0n) is 10.7. The first kappa shape index (κ1) is 13.9. The van der Waals surface area contributed by atoms with Gasteiger partial charge in [-0.05, 0) is 25.1 Å². The predicted molar refractivity (Wildman–Crippen MR) is 68.1 cm³/mol. The van der Waals surface area contributed by atoms with Gasteiger partial charge in [0.25, 0.3) is 5.91 Å². The van der Waals surface area contributed by atoms with Crippen molar-refractivity contribution in [3.05, 3.63) is 23.8 Å². The van der Waals surface area contributed by atoms with E-state index in [0.717, 1.165) is 0 Å². The molecule has 106 valence electrons. The third kappa shape index (κ3) is 2.56. The summed E-state index contributed by atoms with van der Waals surface area (Å²) in [5, 5.41) is 17.7. The van der Waals surface area contributed by atoms with Crippen LogP contribution in [0.5, 0.6) is 5.75 Å². The molecular formula is C13H13NO6. The van der Waals surface area contributed by atoms with E-state index in [-0.39, 0.29) is 30.1 Å². The Balaban J connectivity index is 2.40. The Hall–Kier alpha value is -2.57. The fourth-order valence-electron chi connectivity index (χ4n) is 1.98. The average Bonchev–Trinajstić information content (AvgIpc) is 2.38. The monoisotopic (exact) mass is 279 g/mol. The Labute approximate surface area is 114 Å². The Morgan fingerprint density at radius 2 is 2.05 bits per heavy atom. The number of amides is 1. The Bertz CT molecular complexity index is 582. The van der Waals surface area contributed by atoms with E-state index in [1.807, 2.05) is 0 Å². The van der Waals surface area contributed by atoms with Crippen molar-refractivity contribution in [3.63, 3.8) is 0 Å². The third-order valence-electron chi connectivity index (χ3n) is 2.96. The molecule has 2 rings (SSSR count). The summed E-state index contributed by atoms with van der Waals surface area (Å²) >= 11 is 0. The molecule has 1 atom stereocenters.